The Bertz CT molecular complexity index is 3430. The van der Waals surface area contributed by atoms with Gasteiger partial charge in [0, 0.05) is 83.3 Å². The van der Waals surface area contributed by atoms with E-state index < -0.39 is 0 Å². The minimum atomic E-state index is 1.13. The van der Waals surface area contributed by atoms with Crippen LogP contribution in [0.25, 0.3) is 82.4 Å². The number of hydrogen-bond acceptors (Lipinski definition) is 5. The monoisotopic (exact) mass is 778 g/mol. The Labute approximate surface area is 340 Å². The summed E-state index contributed by atoms with van der Waals surface area (Å²) in [6, 6.07) is 68.1. The summed E-state index contributed by atoms with van der Waals surface area (Å²) in [6.45, 7) is 0. The van der Waals surface area contributed by atoms with Gasteiger partial charge in [0.1, 0.15) is 0 Å². The van der Waals surface area contributed by atoms with Crippen molar-refractivity contribution in [1.29, 1.82) is 0 Å². The maximum Gasteiger partial charge on any atom is 0.0555 e. The topological polar surface area (TPSA) is 6.48 Å². The van der Waals surface area contributed by atoms with Gasteiger partial charge in [0.2, 0.25) is 0 Å². The first kappa shape index (κ1) is 31.7. The predicted octanol–water partition coefficient (Wildman–Crippen LogP) is 16.9. The van der Waals surface area contributed by atoms with Gasteiger partial charge in [0.25, 0.3) is 0 Å². The number of thiophene rings is 3. The summed E-state index contributed by atoms with van der Waals surface area (Å²) in [4.78, 5) is 5.04. The van der Waals surface area contributed by atoms with E-state index in [1.807, 2.05) is 34.0 Å². The third-order valence-electron chi connectivity index (χ3n) is 11.7. The lowest BCUT2D eigenvalue weighted by atomic mass is 9.96. The van der Waals surface area contributed by atoms with E-state index in [2.05, 4.69) is 192 Å². The molecule has 1 aliphatic heterocycles. The van der Waals surface area contributed by atoms with Gasteiger partial charge in [-0.15, -0.1) is 34.0 Å². The Morgan fingerprint density at radius 3 is 1.35 bits per heavy atom. The molecule has 0 fully saturated rings. The molecule has 0 amide bonds. The van der Waals surface area contributed by atoms with Crippen LogP contribution in [0, 0.1) is 0 Å². The number of benzene rings is 9. The van der Waals surface area contributed by atoms with Crippen LogP contribution in [-0.2, 0) is 0 Å². The van der Waals surface area contributed by atoms with Crippen LogP contribution in [0.15, 0.2) is 182 Å². The standard InChI is InChI=1S/C52H30N2S3/c1-2-12-37-31(10-1)11-7-15-38(37)32-26-35-28-36(27-32)54(34-23-25-48-42(30-34)40-14-4-6-19-46(40)56-48)44-17-9-21-50-52(44)51-43(16-8-20-49(51)57-50)53(35)33-22-24-47-41(29-33)39-13-3-5-18-45(39)55-47/h1-30H. The highest BCUT2D eigenvalue weighted by Gasteiger charge is 2.27. The van der Waals surface area contributed by atoms with Crippen molar-refractivity contribution in [1.82, 2.24) is 0 Å². The lowest BCUT2D eigenvalue weighted by molar-refractivity contribution is 1.28. The molecule has 9 aromatic carbocycles. The van der Waals surface area contributed by atoms with Crippen molar-refractivity contribution in [3.63, 3.8) is 0 Å². The summed E-state index contributed by atoms with van der Waals surface area (Å²) in [5.74, 6) is 0. The maximum atomic E-state index is 2.52. The molecule has 3 aromatic heterocycles. The second kappa shape index (κ2) is 12.0. The van der Waals surface area contributed by atoms with E-state index in [4.69, 9.17) is 0 Å². The fourth-order valence-corrected chi connectivity index (χ4v) is 12.6. The van der Waals surface area contributed by atoms with E-state index in [0.29, 0.717) is 0 Å². The molecule has 2 bridgehead atoms. The fourth-order valence-electron chi connectivity index (χ4n) is 9.25. The summed E-state index contributed by atoms with van der Waals surface area (Å²) in [5, 5.41) is 10.2. The molecular weight excluding hydrogens is 749 g/mol. The average molecular weight is 779 g/mol. The highest BCUT2D eigenvalue weighted by molar-refractivity contribution is 7.26. The molecule has 266 valence electrons. The zero-order valence-electron chi connectivity index (χ0n) is 30.4. The van der Waals surface area contributed by atoms with Gasteiger partial charge in [-0.1, -0.05) is 91.0 Å². The Morgan fingerprint density at radius 2 is 0.754 bits per heavy atom. The number of hydrogen-bond donors (Lipinski definition) is 0. The van der Waals surface area contributed by atoms with Crippen molar-refractivity contribution >= 4 is 139 Å². The molecule has 5 heteroatoms. The van der Waals surface area contributed by atoms with Crippen LogP contribution in [-0.4, -0.2) is 0 Å². The van der Waals surface area contributed by atoms with Crippen molar-refractivity contribution in [3.8, 4) is 11.1 Å². The molecule has 12 aromatic rings. The minimum Gasteiger partial charge on any atom is -0.310 e. The van der Waals surface area contributed by atoms with Crippen LogP contribution in [0.3, 0.4) is 0 Å². The molecule has 1 aliphatic rings. The quantitative estimate of drug-likeness (QED) is 0.176. The van der Waals surface area contributed by atoms with Crippen LogP contribution in [0.5, 0.6) is 0 Å². The van der Waals surface area contributed by atoms with Crippen LogP contribution in [0.4, 0.5) is 34.1 Å². The van der Waals surface area contributed by atoms with E-state index in [1.54, 1.807) is 0 Å². The number of anilines is 6. The molecule has 0 radical (unpaired) electrons. The zero-order chi connectivity index (χ0) is 37.2. The van der Waals surface area contributed by atoms with Gasteiger partial charge in [-0.2, -0.15) is 0 Å². The molecule has 0 spiro atoms. The summed E-state index contributed by atoms with van der Waals surface area (Å²) in [7, 11) is 0. The van der Waals surface area contributed by atoms with Crippen LogP contribution in [0.1, 0.15) is 0 Å². The van der Waals surface area contributed by atoms with Crippen LogP contribution >= 0.6 is 34.0 Å². The lowest BCUT2D eigenvalue weighted by Crippen LogP contribution is -2.12. The van der Waals surface area contributed by atoms with Crippen molar-refractivity contribution in [2.75, 3.05) is 9.80 Å². The fraction of sp³-hybridized carbons (Fsp3) is 0. The molecule has 0 saturated heterocycles. The second-order valence-electron chi connectivity index (χ2n) is 14.9. The van der Waals surface area contributed by atoms with Crippen molar-refractivity contribution in [2.24, 2.45) is 0 Å². The van der Waals surface area contributed by atoms with Crippen molar-refractivity contribution in [2.45, 2.75) is 0 Å². The third-order valence-corrected chi connectivity index (χ3v) is 15.1. The van der Waals surface area contributed by atoms with Crippen molar-refractivity contribution in [3.05, 3.63) is 182 Å². The lowest BCUT2D eigenvalue weighted by Gasteiger charge is -2.29. The molecule has 0 N–H and O–H groups in total. The van der Waals surface area contributed by atoms with Gasteiger partial charge in [-0.25, -0.2) is 0 Å². The van der Waals surface area contributed by atoms with E-state index in [9.17, 15) is 0 Å². The van der Waals surface area contributed by atoms with Crippen LogP contribution in [0.2, 0.25) is 0 Å². The summed E-state index contributed by atoms with van der Waals surface area (Å²) < 4.78 is 7.81. The number of nitrogens with zero attached hydrogens (tertiary/aromatic N) is 2. The first-order valence-electron chi connectivity index (χ1n) is 19.2. The average Bonchev–Trinajstić information content (AvgIpc) is 3.95. The highest BCUT2D eigenvalue weighted by Crippen LogP contribution is 2.54. The van der Waals surface area contributed by atoms with E-state index in [-0.39, 0.29) is 0 Å². The predicted molar refractivity (Wildman–Crippen MR) is 251 cm³/mol. The van der Waals surface area contributed by atoms with Gasteiger partial charge in [0.15, 0.2) is 0 Å². The molecule has 0 aliphatic carbocycles. The molecule has 57 heavy (non-hydrogen) atoms. The normalized spacial score (nSPS) is 12.8. The molecule has 2 nitrogen and oxygen atoms in total. The second-order valence-corrected chi connectivity index (χ2v) is 18.1. The van der Waals surface area contributed by atoms with Gasteiger partial charge >= 0.3 is 0 Å². The number of fused-ring (bicyclic) bond motifs is 9. The third kappa shape index (κ3) is 4.68. The molecule has 13 rings (SSSR count). The highest BCUT2D eigenvalue weighted by atomic mass is 32.1. The molecule has 0 atom stereocenters. The minimum absolute atomic E-state index is 1.13. The molecule has 0 saturated carbocycles. The summed E-state index contributed by atoms with van der Waals surface area (Å²) in [5.41, 5.74) is 9.33. The summed E-state index contributed by atoms with van der Waals surface area (Å²) >= 11 is 5.62. The van der Waals surface area contributed by atoms with Gasteiger partial charge in [-0.3, -0.25) is 0 Å². The van der Waals surface area contributed by atoms with E-state index >= 15 is 0 Å². The SMILES string of the molecule is c1ccc2c(-c3cc4cc(c3)N(c3ccc5sc6ccccc6c5c3)c3cccc5sc6cccc(c6c35)N4c3ccc4sc5ccccc5c4c3)cccc2c1. The van der Waals surface area contributed by atoms with E-state index in [0.717, 1.165) is 22.7 Å². The molecular formula is C52H30N2S3. The molecule has 0 unspecified atom stereocenters. The Hall–Kier alpha value is -6.50. The van der Waals surface area contributed by atoms with E-state index in [1.165, 1.54) is 93.8 Å². The smallest absolute Gasteiger partial charge is 0.0555 e. The Kier molecular flexibility index (Phi) is 6.67. The largest absolute Gasteiger partial charge is 0.310 e. The summed E-state index contributed by atoms with van der Waals surface area (Å²) in [6.07, 6.45) is 0. The Morgan fingerprint density at radius 1 is 0.298 bits per heavy atom. The first-order valence-corrected chi connectivity index (χ1v) is 21.7. The zero-order valence-corrected chi connectivity index (χ0v) is 32.9. The van der Waals surface area contributed by atoms with Gasteiger partial charge < -0.3 is 9.80 Å². The maximum absolute atomic E-state index is 2.52. The molecule has 4 heterocycles. The Balaban J connectivity index is 1.17. The van der Waals surface area contributed by atoms with Crippen LogP contribution < -0.4 is 9.80 Å². The van der Waals surface area contributed by atoms with Gasteiger partial charge in [-0.05, 0) is 113 Å². The van der Waals surface area contributed by atoms with Crippen molar-refractivity contribution < 1.29 is 0 Å². The number of rotatable bonds is 3. The van der Waals surface area contributed by atoms with Gasteiger partial charge in [0.05, 0.1) is 11.4 Å². The first-order chi connectivity index (χ1) is 28.2.